The topological polar surface area (TPSA) is 88.9 Å². The van der Waals surface area contributed by atoms with Gasteiger partial charge in [0, 0.05) is 11.6 Å². The third-order valence-electron chi connectivity index (χ3n) is 4.93. The lowest BCUT2D eigenvalue weighted by Crippen LogP contribution is -2.27. The third kappa shape index (κ3) is 4.87. The van der Waals surface area contributed by atoms with Crippen LogP contribution in [-0.4, -0.2) is 26.8 Å². The Balaban J connectivity index is 1.33. The maximum absolute atomic E-state index is 12.5. The minimum atomic E-state index is -0.275. The number of carbonyl (C=O) groups excluding carboxylic acids is 2. The van der Waals surface area contributed by atoms with E-state index < -0.39 is 0 Å². The molecule has 29 heavy (non-hydrogen) atoms. The van der Waals surface area contributed by atoms with Crippen molar-refractivity contribution in [1.82, 2.24) is 20.3 Å². The van der Waals surface area contributed by atoms with Crippen LogP contribution < -0.4 is 10.6 Å². The lowest BCUT2D eigenvalue weighted by Gasteiger charge is -2.14. The highest BCUT2D eigenvalue weighted by Crippen LogP contribution is 2.30. The second-order valence-electron chi connectivity index (χ2n) is 7.37. The normalized spacial score (nSPS) is 14.2. The van der Waals surface area contributed by atoms with Crippen LogP contribution >= 0.6 is 0 Å². The number of rotatable bonds is 7. The Labute approximate surface area is 169 Å². The molecule has 1 saturated carbocycles. The zero-order chi connectivity index (χ0) is 20.2. The molecule has 1 aliphatic carbocycles. The van der Waals surface area contributed by atoms with Crippen LogP contribution in [0.15, 0.2) is 60.8 Å². The summed E-state index contributed by atoms with van der Waals surface area (Å²) in [6.07, 6.45) is 3.59. The molecule has 2 amide bonds. The molecule has 7 heteroatoms. The summed E-state index contributed by atoms with van der Waals surface area (Å²) in [5.41, 5.74) is 3.08. The van der Waals surface area contributed by atoms with Crippen LogP contribution in [0.5, 0.6) is 0 Å². The summed E-state index contributed by atoms with van der Waals surface area (Å²) in [4.78, 5) is 24.3. The Morgan fingerprint density at radius 3 is 2.52 bits per heavy atom. The zero-order valence-corrected chi connectivity index (χ0v) is 16.2. The highest BCUT2D eigenvalue weighted by atomic mass is 16.2. The van der Waals surface area contributed by atoms with Gasteiger partial charge in [-0.1, -0.05) is 47.7 Å². The monoisotopic (exact) mass is 389 g/mol. The molecule has 2 aromatic carbocycles. The maximum atomic E-state index is 12.5. The molecule has 0 radical (unpaired) electrons. The molecule has 148 valence electrons. The molecule has 1 aliphatic rings. The summed E-state index contributed by atoms with van der Waals surface area (Å²) in [5, 5.41) is 13.9. The van der Waals surface area contributed by atoms with E-state index >= 15 is 0 Å². The van der Waals surface area contributed by atoms with Gasteiger partial charge >= 0.3 is 0 Å². The van der Waals surface area contributed by atoms with Crippen molar-refractivity contribution in [1.29, 1.82) is 0 Å². The first-order valence-corrected chi connectivity index (χ1v) is 9.74. The number of benzene rings is 2. The Morgan fingerprint density at radius 2 is 1.83 bits per heavy atom. The summed E-state index contributed by atoms with van der Waals surface area (Å²) < 4.78 is 1.65. The molecule has 1 aromatic heterocycles. The van der Waals surface area contributed by atoms with Gasteiger partial charge in [-0.15, -0.1) is 5.10 Å². The van der Waals surface area contributed by atoms with E-state index in [1.165, 1.54) is 0 Å². The van der Waals surface area contributed by atoms with E-state index in [9.17, 15) is 9.59 Å². The summed E-state index contributed by atoms with van der Waals surface area (Å²) in [6, 6.07) is 17.2. The average Bonchev–Trinajstić information content (AvgIpc) is 3.48. The maximum Gasteiger partial charge on any atom is 0.273 e. The van der Waals surface area contributed by atoms with Crippen molar-refractivity contribution in [2.75, 3.05) is 5.32 Å². The van der Waals surface area contributed by atoms with Gasteiger partial charge in [0.25, 0.3) is 5.91 Å². The van der Waals surface area contributed by atoms with Gasteiger partial charge in [0.2, 0.25) is 5.91 Å². The minimum absolute atomic E-state index is 0.0812. The molecule has 0 bridgehead atoms. The van der Waals surface area contributed by atoms with Gasteiger partial charge in [0.1, 0.15) is 0 Å². The molecule has 0 saturated heterocycles. The number of anilines is 1. The van der Waals surface area contributed by atoms with Crippen LogP contribution in [0.2, 0.25) is 0 Å². The highest BCUT2D eigenvalue weighted by Gasteiger charge is 2.29. The van der Waals surface area contributed by atoms with E-state index in [4.69, 9.17) is 0 Å². The van der Waals surface area contributed by atoms with Gasteiger partial charge in [-0.25, -0.2) is 4.68 Å². The SMILES string of the molecule is CC(NC(=O)c1cn(Cc2ccccc2)nn1)c1ccc(NC(=O)C2CC2)cc1. The van der Waals surface area contributed by atoms with E-state index in [2.05, 4.69) is 20.9 Å². The molecule has 1 heterocycles. The van der Waals surface area contributed by atoms with Crippen molar-refractivity contribution >= 4 is 17.5 Å². The molecule has 1 unspecified atom stereocenters. The molecule has 0 aliphatic heterocycles. The molecular weight excluding hydrogens is 366 g/mol. The molecule has 2 N–H and O–H groups in total. The van der Waals surface area contributed by atoms with Gasteiger partial charge in [0.15, 0.2) is 5.69 Å². The molecule has 1 atom stereocenters. The molecule has 1 fully saturated rings. The second kappa shape index (κ2) is 8.26. The number of nitrogens with one attached hydrogen (secondary N) is 2. The van der Waals surface area contributed by atoms with Gasteiger partial charge in [-0.2, -0.15) is 0 Å². The van der Waals surface area contributed by atoms with Crippen LogP contribution in [0.3, 0.4) is 0 Å². The standard InChI is InChI=1S/C22H23N5O2/c1-15(17-9-11-19(12-10-17)24-21(28)18-7-8-18)23-22(29)20-14-27(26-25-20)13-16-5-3-2-4-6-16/h2-6,9-12,14-15,18H,7-8,13H2,1H3,(H,23,29)(H,24,28). The predicted molar refractivity (Wildman–Crippen MR) is 109 cm³/mol. The first-order chi connectivity index (χ1) is 14.1. The molecule has 0 spiro atoms. The number of nitrogens with zero attached hydrogens (tertiary/aromatic N) is 3. The van der Waals surface area contributed by atoms with E-state index in [0.717, 1.165) is 29.7 Å². The van der Waals surface area contributed by atoms with Crippen molar-refractivity contribution in [2.24, 2.45) is 5.92 Å². The minimum Gasteiger partial charge on any atom is -0.344 e. The smallest absolute Gasteiger partial charge is 0.273 e. The Hall–Kier alpha value is -3.48. The van der Waals surface area contributed by atoms with Crippen molar-refractivity contribution in [3.63, 3.8) is 0 Å². The van der Waals surface area contributed by atoms with E-state index in [-0.39, 0.29) is 29.5 Å². The Bertz CT molecular complexity index is 994. The van der Waals surface area contributed by atoms with Crippen molar-refractivity contribution < 1.29 is 9.59 Å². The van der Waals surface area contributed by atoms with Crippen LogP contribution in [0.25, 0.3) is 0 Å². The Morgan fingerprint density at radius 1 is 1.10 bits per heavy atom. The first kappa shape index (κ1) is 18.9. The molecule has 7 nitrogen and oxygen atoms in total. The fraction of sp³-hybridized carbons (Fsp3) is 0.273. The number of carbonyl (C=O) groups is 2. The molecule has 4 rings (SSSR count). The van der Waals surface area contributed by atoms with Gasteiger partial charge in [0.05, 0.1) is 18.8 Å². The molecule has 3 aromatic rings. The quantitative estimate of drug-likeness (QED) is 0.650. The number of hydrogen-bond acceptors (Lipinski definition) is 4. The predicted octanol–water partition coefficient (Wildman–Crippen LogP) is 3.17. The summed E-state index contributed by atoms with van der Waals surface area (Å²) in [6.45, 7) is 2.47. The third-order valence-corrected chi connectivity index (χ3v) is 4.93. The van der Waals surface area contributed by atoms with Crippen molar-refractivity contribution in [3.05, 3.63) is 77.6 Å². The van der Waals surface area contributed by atoms with E-state index in [1.807, 2.05) is 61.5 Å². The average molecular weight is 389 g/mol. The van der Waals surface area contributed by atoms with Gasteiger partial charge < -0.3 is 10.6 Å². The fourth-order valence-corrected chi connectivity index (χ4v) is 3.05. The van der Waals surface area contributed by atoms with Gasteiger partial charge in [-0.3, -0.25) is 9.59 Å². The first-order valence-electron chi connectivity index (χ1n) is 9.74. The number of amides is 2. The zero-order valence-electron chi connectivity index (χ0n) is 16.2. The van der Waals surface area contributed by atoms with Crippen molar-refractivity contribution in [3.8, 4) is 0 Å². The Kier molecular flexibility index (Phi) is 5.37. The highest BCUT2D eigenvalue weighted by molar-refractivity contribution is 5.94. The van der Waals surface area contributed by atoms with Crippen LogP contribution in [0.1, 0.15) is 47.4 Å². The van der Waals surface area contributed by atoms with Gasteiger partial charge in [-0.05, 0) is 43.0 Å². The number of hydrogen-bond donors (Lipinski definition) is 2. The largest absolute Gasteiger partial charge is 0.344 e. The summed E-state index contributed by atoms with van der Waals surface area (Å²) in [7, 11) is 0. The van der Waals surface area contributed by atoms with E-state index in [0.29, 0.717) is 6.54 Å². The second-order valence-corrected chi connectivity index (χ2v) is 7.37. The lowest BCUT2D eigenvalue weighted by molar-refractivity contribution is -0.117. The lowest BCUT2D eigenvalue weighted by atomic mass is 10.1. The summed E-state index contributed by atoms with van der Waals surface area (Å²) in [5.74, 6) is -0.0242. The summed E-state index contributed by atoms with van der Waals surface area (Å²) >= 11 is 0. The number of aromatic nitrogens is 3. The van der Waals surface area contributed by atoms with Crippen LogP contribution in [-0.2, 0) is 11.3 Å². The fourth-order valence-electron chi connectivity index (χ4n) is 3.05. The van der Waals surface area contributed by atoms with Crippen LogP contribution in [0.4, 0.5) is 5.69 Å². The van der Waals surface area contributed by atoms with Crippen LogP contribution in [0, 0.1) is 5.92 Å². The molecular formula is C22H23N5O2. The van der Waals surface area contributed by atoms with Crippen molar-refractivity contribution in [2.45, 2.75) is 32.4 Å². The van der Waals surface area contributed by atoms with E-state index in [1.54, 1.807) is 10.9 Å².